The van der Waals surface area contributed by atoms with Gasteiger partial charge in [0.05, 0.1) is 11.5 Å². The lowest BCUT2D eigenvalue weighted by molar-refractivity contribution is -0.221. The lowest BCUT2D eigenvalue weighted by atomic mass is 9.33. The topological polar surface area (TPSA) is 75.7 Å². The summed E-state index contributed by atoms with van der Waals surface area (Å²) in [7, 11) is -2.87. The van der Waals surface area contributed by atoms with E-state index in [2.05, 4.69) is 70.5 Å². The Morgan fingerprint density at radius 3 is 2.35 bits per heavy atom. The molecule has 0 aromatic carbocycles. The summed E-state index contributed by atoms with van der Waals surface area (Å²) in [6.45, 7) is 22.9. The first-order valence-electron chi connectivity index (χ1n) is 20.4. The molecule has 286 valence electrons. The number of hydrogen-bond donors (Lipinski definition) is 1. The highest BCUT2D eigenvalue weighted by Crippen LogP contribution is 2.76. The van der Waals surface area contributed by atoms with Crippen molar-refractivity contribution < 1.29 is 22.3 Å². The van der Waals surface area contributed by atoms with Crippen LogP contribution in [0.15, 0.2) is 35.5 Å². The number of rotatable bonds is 9. The van der Waals surface area contributed by atoms with Gasteiger partial charge in [0.15, 0.2) is 9.84 Å². The molecule has 0 unspecified atom stereocenters. The predicted molar refractivity (Wildman–Crippen MR) is 204 cm³/mol. The maximum Gasteiger partial charge on any atom is 0.293 e. The summed E-state index contributed by atoms with van der Waals surface area (Å²) in [6.07, 6.45) is 17.7. The molecule has 0 spiro atoms. The van der Waals surface area contributed by atoms with Crippen molar-refractivity contribution in [2.24, 2.45) is 51.2 Å². The van der Waals surface area contributed by atoms with Crippen LogP contribution in [0.25, 0.3) is 0 Å². The van der Waals surface area contributed by atoms with Crippen LogP contribution < -0.4 is 5.32 Å². The molecule has 1 aliphatic heterocycles. The Hall–Kier alpha value is -1.51. The van der Waals surface area contributed by atoms with Crippen molar-refractivity contribution in [3.05, 3.63) is 35.5 Å². The van der Waals surface area contributed by atoms with Gasteiger partial charge in [0.2, 0.25) is 0 Å². The number of fused-ring (bicyclic) bond motifs is 7. The Labute approximate surface area is 308 Å². The monoisotopic (exact) mass is 726 g/mol. The molecule has 51 heavy (non-hydrogen) atoms. The average Bonchev–Trinajstić information content (AvgIpc) is 3.46. The van der Waals surface area contributed by atoms with Crippen LogP contribution in [-0.4, -0.2) is 75.3 Å². The van der Waals surface area contributed by atoms with Crippen LogP contribution in [-0.2, 0) is 19.4 Å². The second-order valence-corrected chi connectivity index (χ2v) is 22.1. The summed E-state index contributed by atoms with van der Waals surface area (Å²) in [4.78, 5) is 13.5. The smallest absolute Gasteiger partial charge is 0.293 e. The van der Waals surface area contributed by atoms with E-state index in [4.69, 9.17) is 4.74 Å². The molecule has 0 aromatic heterocycles. The zero-order valence-corrected chi connectivity index (χ0v) is 33.4. The quantitative estimate of drug-likeness (QED) is 0.191. The van der Waals surface area contributed by atoms with Crippen LogP contribution in [0.3, 0.4) is 0 Å². The van der Waals surface area contributed by atoms with E-state index in [0.717, 1.165) is 25.9 Å². The van der Waals surface area contributed by atoms with Gasteiger partial charge in [0.1, 0.15) is 12.3 Å². The number of halogens is 1. The fraction of sp³-hybridized carbons (Fsp3) is 0.837. The standard InChI is InChI=1S/C43H67FN2O4S/c1-30(2)32-12-19-43(45-22-23-46-24-26-51(48,49)27-25-46)21-20-40(6)34(37(32)43)8-9-36-39(5)15-13-33(38(3,4)35(39)14-16-41(36,40)7)31-10-17-42(28-44,18-11-31)50-29-47/h10,13,29,32,34-37,45H,1,8-9,11-12,14-28H2,2-7H3/t32-,34+,35-,36+,37+,39-,40+,41+,42+,43-/m0/s1. The van der Waals surface area contributed by atoms with Crippen LogP contribution >= 0.6 is 0 Å². The molecule has 1 heterocycles. The molecule has 7 aliphatic rings. The summed E-state index contributed by atoms with van der Waals surface area (Å²) >= 11 is 0. The number of nitrogens with one attached hydrogen (secondary N) is 1. The number of carbonyl (C=O) groups excluding carboxylic acids is 1. The van der Waals surface area contributed by atoms with Crippen molar-refractivity contribution in [1.82, 2.24) is 10.2 Å². The highest BCUT2D eigenvalue weighted by molar-refractivity contribution is 7.91. The van der Waals surface area contributed by atoms with Gasteiger partial charge in [0.25, 0.3) is 6.47 Å². The molecule has 1 saturated heterocycles. The Balaban J connectivity index is 1.13. The lowest BCUT2D eigenvalue weighted by Gasteiger charge is -2.72. The normalized spacial score (nSPS) is 46.0. The van der Waals surface area contributed by atoms with Crippen LogP contribution in [0, 0.1) is 51.2 Å². The van der Waals surface area contributed by atoms with E-state index < -0.39 is 22.1 Å². The van der Waals surface area contributed by atoms with E-state index in [-0.39, 0.29) is 27.2 Å². The van der Waals surface area contributed by atoms with Gasteiger partial charge in [-0.3, -0.25) is 4.79 Å². The summed E-state index contributed by atoms with van der Waals surface area (Å²) in [5.41, 5.74) is 4.12. The summed E-state index contributed by atoms with van der Waals surface area (Å²) in [5, 5.41) is 4.21. The molecule has 7 rings (SSSR count). The molecule has 0 aromatic rings. The molecular formula is C43H67FN2O4S. The van der Waals surface area contributed by atoms with Crippen molar-refractivity contribution in [1.29, 1.82) is 0 Å². The SMILES string of the molecule is C=C(C)[C@@H]1CC[C@]2(NCCN3CCS(=O)(=O)CC3)CC[C@]3(C)[C@H](CC[C@@H]4[C@@]5(C)CC=C(C6=CC[C@@](CF)(OC=O)CC6)C(C)(C)[C@@H]5CC[C@]43C)[C@@H]12. The number of ether oxygens (including phenoxy) is 1. The minimum Gasteiger partial charge on any atom is -0.458 e. The van der Waals surface area contributed by atoms with Crippen molar-refractivity contribution in [3.63, 3.8) is 0 Å². The van der Waals surface area contributed by atoms with Crippen LogP contribution in [0.4, 0.5) is 4.39 Å². The van der Waals surface area contributed by atoms with Crippen molar-refractivity contribution in [3.8, 4) is 0 Å². The van der Waals surface area contributed by atoms with Crippen molar-refractivity contribution >= 4 is 16.3 Å². The van der Waals surface area contributed by atoms with Crippen LogP contribution in [0.5, 0.6) is 0 Å². The minimum atomic E-state index is -2.87. The number of nitrogens with zero attached hydrogens (tertiary/aromatic N) is 1. The molecule has 6 nitrogen and oxygen atoms in total. The first-order valence-corrected chi connectivity index (χ1v) is 22.2. The number of hydrogen-bond acceptors (Lipinski definition) is 6. The third-order valence-corrected chi connectivity index (χ3v) is 19.1. The third kappa shape index (κ3) is 5.88. The van der Waals surface area contributed by atoms with E-state index in [1.54, 1.807) is 0 Å². The van der Waals surface area contributed by atoms with E-state index >= 15 is 0 Å². The molecule has 0 amide bonds. The molecule has 1 N–H and O–H groups in total. The molecular weight excluding hydrogens is 660 g/mol. The Morgan fingerprint density at radius 2 is 1.71 bits per heavy atom. The predicted octanol–water partition coefficient (Wildman–Crippen LogP) is 8.24. The lowest BCUT2D eigenvalue weighted by Crippen LogP contribution is -2.68. The first kappa shape index (κ1) is 37.8. The fourth-order valence-corrected chi connectivity index (χ4v) is 15.8. The third-order valence-electron chi connectivity index (χ3n) is 17.4. The number of carbonyl (C=O) groups is 1. The van der Waals surface area contributed by atoms with Gasteiger partial charge in [0, 0.05) is 38.1 Å². The molecule has 4 saturated carbocycles. The summed E-state index contributed by atoms with van der Waals surface area (Å²) < 4.78 is 43.4. The van der Waals surface area contributed by atoms with Gasteiger partial charge in [-0.25, -0.2) is 12.8 Å². The minimum absolute atomic E-state index is 0.0276. The highest BCUT2D eigenvalue weighted by atomic mass is 32.2. The van der Waals surface area contributed by atoms with Crippen molar-refractivity contribution in [2.45, 2.75) is 130 Å². The second-order valence-electron chi connectivity index (χ2n) is 19.8. The van der Waals surface area contributed by atoms with Crippen LogP contribution in [0.2, 0.25) is 0 Å². The van der Waals surface area contributed by atoms with E-state index in [1.807, 2.05) is 0 Å². The number of allylic oxidation sites excluding steroid dienone is 4. The molecule has 0 bridgehead atoms. The molecule has 0 radical (unpaired) electrons. The maximum atomic E-state index is 14.0. The average molecular weight is 727 g/mol. The van der Waals surface area contributed by atoms with E-state index in [9.17, 15) is 17.6 Å². The summed E-state index contributed by atoms with van der Waals surface area (Å²) in [5.74, 6) is 3.68. The maximum absolute atomic E-state index is 14.0. The first-order chi connectivity index (χ1) is 24.0. The van der Waals surface area contributed by atoms with Gasteiger partial charge < -0.3 is 15.0 Å². The Morgan fingerprint density at radius 1 is 0.961 bits per heavy atom. The van der Waals surface area contributed by atoms with Gasteiger partial charge in [-0.15, -0.1) is 0 Å². The molecule has 8 heteroatoms. The van der Waals surface area contributed by atoms with Gasteiger partial charge >= 0.3 is 0 Å². The Kier molecular flexibility index (Phi) is 9.68. The van der Waals surface area contributed by atoms with E-state index in [0.29, 0.717) is 73.5 Å². The summed E-state index contributed by atoms with van der Waals surface area (Å²) in [6, 6.07) is 0. The van der Waals surface area contributed by atoms with Gasteiger partial charge in [-0.05, 0) is 140 Å². The number of alkyl halides is 1. The van der Waals surface area contributed by atoms with Crippen molar-refractivity contribution in [2.75, 3.05) is 44.4 Å². The number of sulfone groups is 1. The molecule has 10 atom stereocenters. The fourth-order valence-electron chi connectivity index (χ4n) is 14.5. The largest absolute Gasteiger partial charge is 0.458 e. The van der Waals surface area contributed by atoms with Gasteiger partial charge in [-0.1, -0.05) is 58.9 Å². The van der Waals surface area contributed by atoms with Gasteiger partial charge in [-0.2, -0.15) is 0 Å². The van der Waals surface area contributed by atoms with Crippen LogP contribution in [0.1, 0.15) is 119 Å². The highest BCUT2D eigenvalue weighted by Gasteiger charge is 2.70. The second kappa shape index (κ2) is 13.1. The Bertz CT molecular complexity index is 1560. The zero-order chi connectivity index (χ0) is 36.7. The molecule has 5 fully saturated rings. The zero-order valence-electron chi connectivity index (χ0n) is 32.6. The van der Waals surface area contributed by atoms with E-state index in [1.165, 1.54) is 68.1 Å². The molecule has 6 aliphatic carbocycles.